The Kier molecular flexibility index (Phi) is 3.19. The van der Waals surface area contributed by atoms with E-state index in [1.165, 1.54) is 6.07 Å². The van der Waals surface area contributed by atoms with Crippen molar-refractivity contribution in [2.75, 3.05) is 0 Å². The highest BCUT2D eigenvalue weighted by atomic mass is 19.1. The van der Waals surface area contributed by atoms with Gasteiger partial charge in [0.25, 0.3) is 0 Å². The van der Waals surface area contributed by atoms with Gasteiger partial charge in [-0.1, -0.05) is 17.3 Å². The van der Waals surface area contributed by atoms with Crippen LogP contribution >= 0.6 is 0 Å². The molecule has 0 amide bonds. The van der Waals surface area contributed by atoms with Gasteiger partial charge in [-0.2, -0.15) is 0 Å². The minimum Gasteiger partial charge on any atom is -0.390 e. The van der Waals surface area contributed by atoms with Gasteiger partial charge in [0.1, 0.15) is 11.5 Å². The highest BCUT2D eigenvalue weighted by Gasteiger charge is 2.18. The average molecular weight is 235 g/mol. The molecule has 90 valence electrons. The predicted octanol–water partition coefficient (Wildman–Crippen LogP) is 2.16. The fourth-order valence-electron chi connectivity index (χ4n) is 1.73. The van der Waals surface area contributed by atoms with Crippen molar-refractivity contribution >= 4 is 0 Å². The molecule has 0 unspecified atom stereocenters. The minimum atomic E-state index is -0.341. The molecule has 1 N–H and O–H groups in total. The normalized spacial score (nSPS) is 11.1. The third-order valence-corrected chi connectivity index (χ3v) is 2.53. The van der Waals surface area contributed by atoms with Crippen molar-refractivity contribution in [1.29, 1.82) is 0 Å². The summed E-state index contributed by atoms with van der Waals surface area (Å²) in [6.07, 6.45) is 0. The molecule has 1 heterocycles. The van der Waals surface area contributed by atoms with E-state index in [4.69, 9.17) is 0 Å². The minimum absolute atomic E-state index is 0.0532. The maximum atomic E-state index is 13.8. The van der Waals surface area contributed by atoms with Crippen LogP contribution in [0.4, 0.5) is 4.39 Å². The quantitative estimate of drug-likeness (QED) is 0.886. The second-order valence-corrected chi connectivity index (χ2v) is 4.06. The molecule has 0 fully saturated rings. The molecule has 2 aromatic rings. The van der Waals surface area contributed by atoms with E-state index < -0.39 is 0 Å². The molecule has 0 bridgehead atoms. The van der Waals surface area contributed by atoms with Crippen molar-refractivity contribution < 1.29 is 9.50 Å². The first-order valence-electron chi connectivity index (χ1n) is 5.45. The summed E-state index contributed by atoms with van der Waals surface area (Å²) in [7, 11) is 0. The number of nitrogens with zero attached hydrogens (tertiary/aromatic N) is 3. The number of rotatable bonds is 3. The molecule has 2 rings (SSSR count). The molecule has 0 aliphatic carbocycles. The molecule has 17 heavy (non-hydrogen) atoms. The Balaban J connectivity index is 2.64. The first-order chi connectivity index (χ1) is 8.15. The molecular weight excluding hydrogens is 221 g/mol. The molecule has 0 saturated carbocycles. The second kappa shape index (κ2) is 4.63. The zero-order valence-corrected chi connectivity index (χ0v) is 9.76. The predicted molar refractivity (Wildman–Crippen MR) is 61.7 cm³/mol. The lowest BCUT2D eigenvalue weighted by Crippen LogP contribution is -2.06. The van der Waals surface area contributed by atoms with Crippen LogP contribution in [0.15, 0.2) is 24.3 Å². The molecule has 0 aliphatic rings. The third-order valence-electron chi connectivity index (χ3n) is 2.53. The maximum Gasteiger partial charge on any atom is 0.132 e. The zero-order valence-electron chi connectivity index (χ0n) is 9.76. The van der Waals surface area contributed by atoms with E-state index in [1.54, 1.807) is 22.9 Å². The first-order valence-corrected chi connectivity index (χ1v) is 5.45. The van der Waals surface area contributed by atoms with Gasteiger partial charge in [-0.15, -0.1) is 5.10 Å². The van der Waals surface area contributed by atoms with E-state index in [9.17, 15) is 9.50 Å². The van der Waals surface area contributed by atoms with Crippen molar-refractivity contribution in [1.82, 2.24) is 15.0 Å². The van der Waals surface area contributed by atoms with Crippen LogP contribution in [-0.2, 0) is 6.61 Å². The molecule has 5 heteroatoms. The fourth-order valence-corrected chi connectivity index (χ4v) is 1.73. The number of hydrogen-bond donors (Lipinski definition) is 1. The van der Waals surface area contributed by atoms with Crippen LogP contribution in [0.25, 0.3) is 11.3 Å². The lowest BCUT2D eigenvalue weighted by molar-refractivity contribution is 0.277. The Morgan fingerprint density at radius 1 is 1.35 bits per heavy atom. The van der Waals surface area contributed by atoms with Crippen LogP contribution in [0, 0.1) is 5.82 Å². The second-order valence-electron chi connectivity index (χ2n) is 4.06. The van der Waals surface area contributed by atoms with Gasteiger partial charge in [0, 0.05) is 11.6 Å². The Labute approximate surface area is 98.7 Å². The number of aliphatic hydroxyl groups is 1. The number of aliphatic hydroxyl groups excluding tert-OH is 1. The highest BCUT2D eigenvalue weighted by Crippen LogP contribution is 2.27. The summed E-state index contributed by atoms with van der Waals surface area (Å²) in [5.41, 5.74) is 1.35. The summed E-state index contributed by atoms with van der Waals surface area (Å²) < 4.78 is 15.4. The van der Waals surface area contributed by atoms with Gasteiger partial charge in [0.2, 0.25) is 0 Å². The van der Waals surface area contributed by atoms with E-state index in [0.717, 1.165) is 0 Å². The van der Waals surface area contributed by atoms with Gasteiger partial charge in [0.05, 0.1) is 12.3 Å². The number of halogens is 1. The van der Waals surface area contributed by atoms with Crippen LogP contribution in [0.1, 0.15) is 25.6 Å². The lowest BCUT2D eigenvalue weighted by atomic mass is 10.1. The van der Waals surface area contributed by atoms with Crippen molar-refractivity contribution in [2.24, 2.45) is 0 Å². The summed E-state index contributed by atoms with van der Waals surface area (Å²) in [6, 6.07) is 6.47. The zero-order chi connectivity index (χ0) is 12.4. The Hall–Kier alpha value is -1.75. The topological polar surface area (TPSA) is 50.9 Å². The van der Waals surface area contributed by atoms with E-state index >= 15 is 0 Å². The molecule has 4 nitrogen and oxygen atoms in total. The number of benzene rings is 1. The first kappa shape index (κ1) is 11.7. The smallest absolute Gasteiger partial charge is 0.132 e. The Bertz CT molecular complexity index is 522. The van der Waals surface area contributed by atoms with Crippen molar-refractivity contribution in [2.45, 2.75) is 26.5 Å². The number of aromatic nitrogens is 3. The average Bonchev–Trinajstić information content (AvgIpc) is 2.73. The monoisotopic (exact) mass is 235 g/mol. The van der Waals surface area contributed by atoms with Gasteiger partial charge in [-0.05, 0) is 26.0 Å². The lowest BCUT2D eigenvalue weighted by Gasteiger charge is -2.11. The molecule has 0 spiro atoms. The molecule has 0 aliphatic heterocycles. The molecular formula is C12H14FN3O. The van der Waals surface area contributed by atoms with E-state index in [0.29, 0.717) is 17.0 Å². The highest BCUT2D eigenvalue weighted by molar-refractivity contribution is 5.62. The van der Waals surface area contributed by atoms with Crippen molar-refractivity contribution in [3.05, 3.63) is 35.8 Å². The van der Waals surface area contributed by atoms with E-state index in [2.05, 4.69) is 10.3 Å². The summed E-state index contributed by atoms with van der Waals surface area (Å²) in [6.45, 7) is 3.61. The van der Waals surface area contributed by atoms with Crippen LogP contribution in [0.5, 0.6) is 0 Å². The van der Waals surface area contributed by atoms with Gasteiger partial charge in [-0.3, -0.25) is 0 Å². The molecule has 1 aromatic heterocycles. The third kappa shape index (κ3) is 2.06. The van der Waals surface area contributed by atoms with Crippen molar-refractivity contribution in [3.63, 3.8) is 0 Å². The Morgan fingerprint density at radius 2 is 2.06 bits per heavy atom. The SMILES string of the molecule is CC(C)n1nnc(CO)c1-c1ccccc1F. The van der Waals surface area contributed by atoms with Crippen LogP contribution < -0.4 is 0 Å². The van der Waals surface area contributed by atoms with Crippen LogP contribution in [-0.4, -0.2) is 20.1 Å². The fraction of sp³-hybridized carbons (Fsp3) is 0.333. The summed E-state index contributed by atoms with van der Waals surface area (Å²) >= 11 is 0. The van der Waals surface area contributed by atoms with Crippen LogP contribution in [0.3, 0.4) is 0 Å². The van der Waals surface area contributed by atoms with Gasteiger partial charge >= 0.3 is 0 Å². The standard InChI is InChI=1S/C12H14FN3O/c1-8(2)16-12(11(7-17)14-15-16)9-5-3-4-6-10(9)13/h3-6,8,17H,7H2,1-2H3. The molecule has 1 aromatic carbocycles. The van der Waals surface area contributed by atoms with E-state index in [1.807, 2.05) is 13.8 Å². The Morgan fingerprint density at radius 3 is 2.65 bits per heavy atom. The van der Waals surface area contributed by atoms with Gasteiger partial charge in [-0.25, -0.2) is 9.07 Å². The van der Waals surface area contributed by atoms with Gasteiger partial charge in [0.15, 0.2) is 0 Å². The summed E-state index contributed by atoms with van der Waals surface area (Å²) in [4.78, 5) is 0. The van der Waals surface area contributed by atoms with Crippen LogP contribution in [0.2, 0.25) is 0 Å². The number of hydrogen-bond acceptors (Lipinski definition) is 3. The summed E-state index contributed by atoms with van der Waals surface area (Å²) in [5, 5.41) is 17.0. The maximum absolute atomic E-state index is 13.8. The molecule has 0 saturated heterocycles. The largest absolute Gasteiger partial charge is 0.390 e. The van der Waals surface area contributed by atoms with E-state index in [-0.39, 0.29) is 18.5 Å². The molecule has 0 atom stereocenters. The summed E-state index contributed by atoms with van der Waals surface area (Å²) in [5.74, 6) is -0.341. The van der Waals surface area contributed by atoms with Crippen molar-refractivity contribution in [3.8, 4) is 11.3 Å². The van der Waals surface area contributed by atoms with Gasteiger partial charge < -0.3 is 5.11 Å². The molecule has 0 radical (unpaired) electrons.